The number of hydrogen-bond acceptors (Lipinski definition) is 5. The third-order valence-corrected chi connectivity index (χ3v) is 3.88. The number of halogens is 3. The second-order valence-corrected chi connectivity index (χ2v) is 5.58. The Labute approximate surface area is 133 Å². The minimum absolute atomic E-state index is 0.579. The van der Waals surface area contributed by atoms with E-state index in [1.54, 1.807) is 4.98 Å². The maximum absolute atomic E-state index is 13.4. The highest BCUT2D eigenvalue weighted by Crippen LogP contribution is 2.43. The van der Waals surface area contributed by atoms with Crippen LogP contribution in [0.25, 0.3) is 0 Å². The summed E-state index contributed by atoms with van der Waals surface area (Å²) in [7, 11) is 0. The number of ether oxygens (including phenoxy) is 1. The molecular weight excluding hydrogens is 342 g/mol. The zero-order valence-electron chi connectivity index (χ0n) is 11.1. The van der Waals surface area contributed by atoms with Gasteiger partial charge in [-0.05, 0) is 18.5 Å². The SMILES string of the molecule is C[C@H](O)[C@H]1O[C@@H](n2cc(F)c(=O)[nH]c2=O)[C@@](Cl)(C#CCl)C1O. The van der Waals surface area contributed by atoms with Crippen LogP contribution in [-0.4, -0.2) is 43.0 Å². The topological polar surface area (TPSA) is 105 Å². The molecule has 1 unspecified atom stereocenters. The van der Waals surface area contributed by atoms with Gasteiger partial charge >= 0.3 is 5.69 Å². The number of aliphatic hydroxyl groups excluding tert-OH is 2. The molecule has 1 saturated heterocycles. The maximum atomic E-state index is 13.4. The fraction of sp³-hybridized carbons (Fsp3) is 0.500. The molecule has 0 bridgehead atoms. The van der Waals surface area contributed by atoms with Crippen molar-refractivity contribution in [2.45, 2.75) is 36.3 Å². The van der Waals surface area contributed by atoms with Crippen molar-refractivity contribution in [2.75, 3.05) is 0 Å². The van der Waals surface area contributed by atoms with Crippen LogP contribution in [0.15, 0.2) is 15.8 Å². The first-order valence-corrected chi connectivity index (χ1v) is 6.82. The van der Waals surface area contributed by atoms with Gasteiger partial charge in [-0.2, -0.15) is 4.39 Å². The van der Waals surface area contributed by atoms with Crippen molar-refractivity contribution in [3.05, 3.63) is 32.9 Å². The van der Waals surface area contributed by atoms with Gasteiger partial charge in [-0.3, -0.25) is 14.3 Å². The smallest absolute Gasteiger partial charge is 0.330 e. The van der Waals surface area contributed by atoms with Crippen molar-refractivity contribution in [3.63, 3.8) is 0 Å². The summed E-state index contributed by atoms with van der Waals surface area (Å²) < 4.78 is 19.4. The molecule has 0 aromatic carbocycles. The van der Waals surface area contributed by atoms with Gasteiger partial charge in [0.05, 0.1) is 12.3 Å². The average molecular weight is 353 g/mol. The van der Waals surface area contributed by atoms with Gasteiger partial charge in [-0.15, -0.1) is 0 Å². The summed E-state index contributed by atoms with van der Waals surface area (Å²) >= 11 is 11.5. The Hall–Kier alpha value is -1.37. The van der Waals surface area contributed by atoms with E-state index in [2.05, 4.69) is 5.92 Å². The number of nitrogens with one attached hydrogen (secondary N) is 1. The average Bonchev–Trinajstić information content (AvgIpc) is 2.68. The highest BCUT2D eigenvalue weighted by Gasteiger charge is 2.57. The number of aromatic amines is 1. The molecule has 7 nitrogen and oxygen atoms in total. The molecule has 1 fully saturated rings. The van der Waals surface area contributed by atoms with Gasteiger partial charge in [-0.25, -0.2) is 4.79 Å². The van der Waals surface area contributed by atoms with E-state index in [9.17, 15) is 24.2 Å². The highest BCUT2D eigenvalue weighted by atomic mass is 35.5. The molecule has 22 heavy (non-hydrogen) atoms. The van der Waals surface area contributed by atoms with E-state index in [1.165, 1.54) is 6.92 Å². The van der Waals surface area contributed by atoms with Crippen LogP contribution in [0, 0.1) is 17.1 Å². The Kier molecular flexibility index (Phi) is 4.65. The molecule has 1 aromatic heterocycles. The van der Waals surface area contributed by atoms with E-state index in [1.807, 2.05) is 5.38 Å². The van der Waals surface area contributed by atoms with Crippen LogP contribution in [0.5, 0.6) is 0 Å². The van der Waals surface area contributed by atoms with Gasteiger partial charge < -0.3 is 14.9 Å². The summed E-state index contributed by atoms with van der Waals surface area (Å²) in [6.07, 6.45) is -4.77. The highest BCUT2D eigenvalue weighted by molar-refractivity contribution is 6.32. The number of hydrogen-bond donors (Lipinski definition) is 3. The monoisotopic (exact) mass is 352 g/mol. The van der Waals surface area contributed by atoms with Crippen LogP contribution in [0.3, 0.4) is 0 Å². The molecule has 2 rings (SSSR count). The zero-order chi connectivity index (χ0) is 16.7. The third-order valence-electron chi connectivity index (χ3n) is 3.28. The van der Waals surface area contributed by atoms with Crippen molar-refractivity contribution >= 4 is 23.2 Å². The van der Waals surface area contributed by atoms with Gasteiger partial charge in [0.25, 0.3) is 5.56 Å². The first kappa shape index (κ1) is 17.0. The van der Waals surface area contributed by atoms with Crippen molar-refractivity contribution < 1.29 is 19.3 Å². The van der Waals surface area contributed by atoms with E-state index >= 15 is 0 Å². The van der Waals surface area contributed by atoms with E-state index in [4.69, 9.17) is 27.9 Å². The molecular formula is C12H11Cl2FN2O5. The molecule has 0 aliphatic carbocycles. The molecule has 0 amide bonds. The van der Waals surface area contributed by atoms with Crippen LogP contribution in [0.4, 0.5) is 4.39 Å². The van der Waals surface area contributed by atoms with Crippen LogP contribution >= 0.6 is 23.2 Å². The van der Waals surface area contributed by atoms with Crippen LogP contribution in [-0.2, 0) is 4.74 Å². The number of aliphatic hydroxyl groups is 2. The second kappa shape index (κ2) is 6.02. The lowest BCUT2D eigenvalue weighted by Crippen LogP contribution is -2.45. The number of rotatable bonds is 2. The first-order chi connectivity index (χ1) is 10.2. The molecule has 1 aliphatic heterocycles. The largest absolute Gasteiger partial charge is 0.391 e. The quantitative estimate of drug-likeness (QED) is 0.491. The van der Waals surface area contributed by atoms with Crippen LogP contribution in [0.2, 0.25) is 0 Å². The molecule has 0 saturated carbocycles. The molecule has 0 spiro atoms. The van der Waals surface area contributed by atoms with Gasteiger partial charge in [0.15, 0.2) is 11.1 Å². The van der Waals surface area contributed by atoms with Gasteiger partial charge in [0.2, 0.25) is 5.82 Å². The predicted molar refractivity (Wildman–Crippen MR) is 75.1 cm³/mol. The zero-order valence-corrected chi connectivity index (χ0v) is 12.6. The molecule has 1 aliphatic rings. The fourth-order valence-electron chi connectivity index (χ4n) is 2.20. The van der Waals surface area contributed by atoms with Gasteiger partial charge in [-0.1, -0.05) is 17.5 Å². The van der Waals surface area contributed by atoms with E-state index in [0.29, 0.717) is 10.8 Å². The first-order valence-electron chi connectivity index (χ1n) is 6.06. The number of H-pyrrole nitrogens is 1. The van der Waals surface area contributed by atoms with Crippen molar-refractivity contribution in [1.82, 2.24) is 9.55 Å². The van der Waals surface area contributed by atoms with Crippen LogP contribution < -0.4 is 11.2 Å². The summed E-state index contributed by atoms with van der Waals surface area (Å²) in [6, 6.07) is 0. The van der Waals surface area contributed by atoms with Gasteiger partial charge in [0.1, 0.15) is 12.2 Å². The standard InChI is InChI=1S/C12H11Cl2FN2O5/c1-5(18)7-8(19)12(14,2-3-13)10(22-7)17-4-6(15)9(20)16-11(17)21/h4-5,7-8,10,18-19H,1H3,(H,16,20,21)/t5-,7+,8?,10+,12+/m0/s1. The molecule has 1 aromatic rings. The van der Waals surface area contributed by atoms with Crippen molar-refractivity contribution in [2.24, 2.45) is 0 Å². The predicted octanol–water partition coefficient (Wildman–Crippen LogP) is -0.508. The molecule has 5 atom stereocenters. The Morgan fingerprint density at radius 1 is 1.59 bits per heavy atom. The summed E-state index contributed by atoms with van der Waals surface area (Å²) in [5.41, 5.74) is -2.23. The van der Waals surface area contributed by atoms with E-state index in [0.717, 1.165) is 0 Å². The summed E-state index contributed by atoms with van der Waals surface area (Å²) in [5.74, 6) is 1.03. The summed E-state index contributed by atoms with van der Waals surface area (Å²) in [4.78, 5) is 22.7. The maximum Gasteiger partial charge on any atom is 0.330 e. The second-order valence-electron chi connectivity index (χ2n) is 4.77. The van der Waals surface area contributed by atoms with Crippen molar-refractivity contribution in [3.8, 4) is 11.3 Å². The molecule has 120 valence electrons. The van der Waals surface area contributed by atoms with Crippen molar-refractivity contribution in [1.29, 1.82) is 0 Å². The lowest BCUT2D eigenvalue weighted by Gasteiger charge is -2.25. The summed E-state index contributed by atoms with van der Waals surface area (Å²) in [6.45, 7) is 1.33. The third kappa shape index (κ3) is 2.66. The Morgan fingerprint density at radius 2 is 2.23 bits per heavy atom. The minimum atomic E-state index is -1.92. The van der Waals surface area contributed by atoms with Crippen LogP contribution in [0.1, 0.15) is 13.2 Å². The minimum Gasteiger partial charge on any atom is -0.391 e. The molecule has 3 N–H and O–H groups in total. The number of nitrogens with zero attached hydrogens (tertiary/aromatic N) is 1. The van der Waals surface area contributed by atoms with E-state index in [-0.39, 0.29) is 0 Å². The van der Waals surface area contributed by atoms with E-state index < -0.39 is 46.5 Å². The van der Waals surface area contributed by atoms with Gasteiger partial charge in [0, 0.05) is 5.38 Å². The molecule has 10 heteroatoms. The Balaban J connectivity index is 2.61. The lowest BCUT2D eigenvalue weighted by atomic mass is 9.97. The Morgan fingerprint density at radius 3 is 2.77 bits per heavy atom. The Bertz CT molecular complexity index is 752. The number of aromatic nitrogens is 2. The summed E-state index contributed by atoms with van der Waals surface area (Å²) in [5, 5.41) is 21.8. The molecule has 0 radical (unpaired) electrons. The normalized spacial score (nSPS) is 32.4. The molecule has 2 heterocycles. The fourth-order valence-corrected chi connectivity index (χ4v) is 2.73. The number of alkyl halides is 1. The lowest BCUT2D eigenvalue weighted by molar-refractivity contribution is -0.0775.